The lowest BCUT2D eigenvalue weighted by atomic mass is 10.0. The predicted molar refractivity (Wildman–Crippen MR) is 79.6 cm³/mol. The van der Waals surface area contributed by atoms with E-state index in [0.717, 1.165) is 18.7 Å². The number of hydrogen-bond donors (Lipinski definition) is 1. The highest BCUT2D eigenvalue weighted by Gasteiger charge is 2.15. The Kier molecular flexibility index (Phi) is 5.23. The Balaban J connectivity index is 2.03. The van der Waals surface area contributed by atoms with Crippen molar-refractivity contribution in [2.75, 3.05) is 26.7 Å². The fourth-order valence-electron chi connectivity index (χ4n) is 2.83. The van der Waals surface area contributed by atoms with Crippen LogP contribution in [0.1, 0.15) is 43.4 Å². The third kappa shape index (κ3) is 3.71. The van der Waals surface area contributed by atoms with Crippen molar-refractivity contribution in [2.24, 2.45) is 5.73 Å². The van der Waals surface area contributed by atoms with Gasteiger partial charge >= 0.3 is 0 Å². The molecule has 106 valence electrons. The van der Waals surface area contributed by atoms with Gasteiger partial charge in [-0.2, -0.15) is 0 Å². The van der Waals surface area contributed by atoms with Crippen molar-refractivity contribution in [1.29, 1.82) is 0 Å². The number of ether oxygens (including phenoxy) is 1. The molecule has 1 aromatic rings. The van der Waals surface area contributed by atoms with E-state index >= 15 is 0 Å². The molecule has 0 aliphatic carbocycles. The summed E-state index contributed by atoms with van der Waals surface area (Å²) in [5.74, 6) is 0.969. The van der Waals surface area contributed by atoms with Crippen LogP contribution in [0.15, 0.2) is 18.2 Å². The van der Waals surface area contributed by atoms with Gasteiger partial charge in [-0.15, -0.1) is 0 Å². The second-order valence-corrected chi connectivity index (χ2v) is 5.39. The zero-order chi connectivity index (χ0) is 13.7. The summed E-state index contributed by atoms with van der Waals surface area (Å²) in [5.41, 5.74) is 8.83. The average molecular weight is 262 g/mol. The molecule has 1 atom stereocenters. The van der Waals surface area contributed by atoms with Gasteiger partial charge in [-0.05, 0) is 49.5 Å². The molecule has 0 aromatic heterocycles. The summed E-state index contributed by atoms with van der Waals surface area (Å²) < 4.78 is 5.37. The molecular weight excluding hydrogens is 236 g/mol. The van der Waals surface area contributed by atoms with Crippen LogP contribution in [-0.4, -0.2) is 31.6 Å². The number of likely N-dealkylation sites (tertiary alicyclic amines) is 1. The molecule has 19 heavy (non-hydrogen) atoms. The van der Waals surface area contributed by atoms with E-state index in [2.05, 4.69) is 24.0 Å². The molecule has 1 heterocycles. The lowest BCUT2D eigenvalue weighted by Crippen LogP contribution is -2.36. The first-order valence-corrected chi connectivity index (χ1v) is 7.39. The molecule has 1 saturated heterocycles. The molecule has 1 aliphatic rings. The van der Waals surface area contributed by atoms with Crippen LogP contribution in [0.3, 0.4) is 0 Å². The standard InChI is InChI=1S/C16H26N2O/c1-3-13-11-14(7-8-16(13)19-2)15(17)12-18-9-5-4-6-10-18/h7-8,11,15H,3-6,9-10,12,17H2,1-2H3. The van der Waals surface area contributed by atoms with Crippen LogP contribution in [0.4, 0.5) is 0 Å². The first kappa shape index (κ1) is 14.4. The highest BCUT2D eigenvalue weighted by molar-refractivity contribution is 5.38. The van der Waals surface area contributed by atoms with Crippen LogP contribution in [0.25, 0.3) is 0 Å². The van der Waals surface area contributed by atoms with Crippen LogP contribution in [0.5, 0.6) is 5.75 Å². The minimum Gasteiger partial charge on any atom is -0.496 e. The summed E-state index contributed by atoms with van der Waals surface area (Å²) in [6, 6.07) is 6.46. The molecule has 3 heteroatoms. The number of rotatable bonds is 5. The van der Waals surface area contributed by atoms with Gasteiger partial charge in [0.2, 0.25) is 0 Å². The van der Waals surface area contributed by atoms with Crippen molar-refractivity contribution < 1.29 is 4.74 Å². The molecule has 1 unspecified atom stereocenters. The van der Waals surface area contributed by atoms with Crippen molar-refractivity contribution in [3.8, 4) is 5.75 Å². The third-order valence-electron chi connectivity index (χ3n) is 4.02. The maximum atomic E-state index is 6.36. The Hall–Kier alpha value is -1.06. The monoisotopic (exact) mass is 262 g/mol. The van der Waals surface area contributed by atoms with E-state index in [0.29, 0.717) is 0 Å². The lowest BCUT2D eigenvalue weighted by Gasteiger charge is -2.29. The number of aryl methyl sites for hydroxylation is 1. The summed E-state index contributed by atoms with van der Waals surface area (Å²) in [7, 11) is 1.72. The molecule has 0 amide bonds. The second-order valence-electron chi connectivity index (χ2n) is 5.39. The molecule has 2 rings (SSSR count). The Morgan fingerprint density at radius 2 is 2.00 bits per heavy atom. The molecular formula is C16H26N2O. The van der Waals surface area contributed by atoms with Crippen molar-refractivity contribution in [1.82, 2.24) is 4.90 Å². The molecule has 0 spiro atoms. The van der Waals surface area contributed by atoms with Gasteiger partial charge in [0.1, 0.15) is 5.75 Å². The minimum absolute atomic E-state index is 0.106. The number of nitrogens with two attached hydrogens (primary N) is 1. The first-order chi connectivity index (χ1) is 9.24. The normalized spacial score (nSPS) is 18.3. The summed E-state index contributed by atoms with van der Waals surface area (Å²) in [6.45, 7) is 5.52. The zero-order valence-electron chi connectivity index (χ0n) is 12.2. The van der Waals surface area contributed by atoms with Crippen LogP contribution < -0.4 is 10.5 Å². The fourth-order valence-corrected chi connectivity index (χ4v) is 2.83. The van der Waals surface area contributed by atoms with E-state index in [1.165, 1.54) is 43.5 Å². The van der Waals surface area contributed by atoms with Gasteiger partial charge in [0.05, 0.1) is 7.11 Å². The van der Waals surface area contributed by atoms with Crippen LogP contribution in [-0.2, 0) is 6.42 Å². The topological polar surface area (TPSA) is 38.5 Å². The smallest absolute Gasteiger partial charge is 0.122 e. The average Bonchev–Trinajstić information content (AvgIpc) is 2.47. The quantitative estimate of drug-likeness (QED) is 0.886. The van der Waals surface area contributed by atoms with Gasteiger partial charge in [-0.3, -0.25) is 0 Å². The van der Waals surface area contributed by atoms with Gasteiger partial charge in [-0.25, -0.2) is 0 Å². The third-order valence-corrected chi connectivity index (χ3v) is 4.02. The number of piperidine rings is 1. The summed E-state index contributed by atoms with van der Waals surface area (Å²) in [5, 5.41) is 0. The Labute approximate surface area is 116 Å². The molecule has 1 aromatic carbocycles. The summed E-state index contributed by atoms with van der Waals surface area (Å²) >= 11 is 0. The van der Waals surface area contributed by atoms with E-state index in [1.807, 2.05) is 6.07 Å². The first-order valence-electron chi connectivity index (χ1n) is 7.39. The van der Waals surface area contributed by atoms with Crippen LogP contribution >= 0.6 is 0 Å². The molecule has 0 radical (unpaired) electrons. The van der Waals surface area contributed by atoms with E-state index in [9.17, 15) is 0 Å². The minimum atomic E-state index is 0.106. The Morgan fingerprint density at radius 1 is 1.26 bits per heavy atom. The van der Waals surface area contributed by atoms with Gasteiger partial charge in [0.15, 0.2) is 0 Å². The Morgan fingerprint density at radius 3 is 2.63 bits per heavy atom. The number of methoxy groups -OCH3 is 1. The number of hydrogen-bond acceptors (Lipinski definition) is 3. The van der Waals surface area contributed by atoms with Crippen molar-refractivity contribution in [3.63, 3.8) is 0 Å². The van der Waals surface area contributed by atoms with E-state index in [4.69, 9.17) is 10.5 Å². The highest BCUT2D eigenvalue weighted by atomic mass is 16.5. The van der Waals surface area contributed by atoms with Gasteiger partial charge < -0.3 is 15.4 Å². The largest absolute Gasteiger partial charge is 0.496 e. The maximum absolute atomic E-state index is 6.36. The van der Waals surface area contributed by atoms with Gasteiger partial charge in [0, 0.05) is 12.6 Å². The Bertz CT molecular complexity index is 400. The molecule has 3 nitrogen and oxygen atoms in total. The maximum Gasteiger partial charge on any atom is 0.122 e. The zero-order valence-corrected chi connectivity index (χ0v) is 12.2. The number of benzene rings is 1. The van der Waals surface area contributed by atoms with Gasteiger partial charge in [-0.1, -0.05) is 25.5 Å². The van der Waals surface area contributed by atoms with Crippen molar-refractivity contribution >= 4 is 0 Å². The molecule has 1 fully saturated rings. The van der Waals surface area contributed by atoms with Crippen LogP contribution in [0, 0.1) is 0 Å². The van der Waals surface area contributed by atoms with E-state index in [1.54, 1.807) is 7.11 Å². The predicted octanol–water partition coefficient (Wildman–Crippen LogP) is 2.74. The summed E-state index contributed by atoms with van der Waals surface area (Å²) in [4.78, 5) is 2.49. The fraction of sp³-hybridized carbons (Fsp3) is 0.625. The van der Waals surface area contributed by atoms with Gasteiger partial charge in [0.25, 0.3) is 0 Å². The molecule has 1 aliphatic heterocycles. The number of nitrogens with zero attached hydrogens (tertiary/aromatic N) is 1. The van der Waals surface area contributed by atoms with E-state index < -0.39 is 0 Å². The lowest BCUT2D eigenvalue weighted by molar-refractivity contribution is 0.216. The van der Waals surface area contributed by atoms with Crippen molar-refractivity contribution in [2.45, 2.75) is 38.6 Å². The molecule has 0 bridgehead atoms. The molecule has 0 saturated carbocycles. The van der Waals surface area contributed by atoms with E-state index in [-0.39, 0.29) is 6.04 Å². The van der Waals surface area contributed by atoms with Crippen LogP contribution in [0.2, 0.25) is 0 Å². The highest BCUT2D eigenvalue weighted by Crippen LogP contribution is 2.24. The SMILES string of the molecule is CCc1cc(C(N)CN2CCCCC2)ccc1OC. The second kappa shape index (κ2) is 6.92. The summed E-state index contributed by atoms with van der Waals surface area (Å²) in [6.07, 6.45) is 4.98. The van der Waals surface area contributed by atoms with Crippen molar-refractivity contribution in [3.05, 3.63) is 29.3 Å². The molecule has 2 N–H and O–H groups in total.